The second kappa shape index (κ2) is 5.62. The second-order valence-electron chi connectivity index (χ2n) is 4.37. The van der Waals surface area contributed by atoms with Gasteiger partial charge in [0.15, 0.2) is 17.2 Å². The van der Waals surface area contributed by atoms with Gasteiger partial charge in [-0.25, -0.2) is 14.8 Å². The molecule has 21 heavy (non-hydrogen) atoms. The fourth-order valence-corrected chi connectivity index (χ4v) is 1.93. The number of hydrogen-bond donors (Lipinski definition) is 1. The Morgan fingerprint density at radius 1 is 1.10 bits per heavy atom. The molecule has 1 N–H and O–H groups in total. The Morgan fingerprint density at radius 2 is 1.90 bits per heavy atom. The molecule has 3 rings (SSSR count). The molecule has 6 heteroatoms. The molecular formula is C15H12N2O4. The fourth-order valence-electron chi connectivity index (χ4n) is 1.93. The van der Waals surface area contributed by atoms with E-state index in [9.17, 15) is 4.79 Å². The molecule has 1 aliphatic rings. The monoisotopic (exact) mass is 284 g/mol. The van der Waals surface area contributed by atoms with Crippen LogP contribution in [-0.4, -0.2) is 34.3 Å². The number of benzene rings is 1. The quantitative estimate of drug-likeness (QED) is 0.929. The summed E-state index contributed by atoms with van der Waals surface area (Å²) in [4.78, 5) is 18.5. The van der Waals surface area contributed by atoms with Crippen LogP contribution in [0.25, 0.3) is 12.2 Å². The Balaban J connectivity index is 1.82. The van der Waals surface area contributed by atoms with Crippen LogP contribution in [0.4, 0.5) is 0 Å². The minimum Gasteiger partial charge on any atom is -0.486 e. The highest BCUT2D eigenvalue weighted by Gasteiger charge is 2.10. The summed E-state index contributed by atoms with van der Waals surface area (Å²) in [5.41, 5.74) is 1.40. The van der Waals surface area contributed by atoms with E-state index in [2.05, 4.69) is 9.97 Å². The lowest BCUT2D eigenvalue weighted by Gasteiger charge is -2.18. The summed E-state index contributed by atoms with van der Waals surface area (Å²) >= 11 is 0. The second-order valence-corrected chi connectivity index (χ2v) is 4.37. The first kappa shape index (κ1) is 13.1. The van der Waals surface area contributed by atoms with Crippen LogP contribution >= 0.6 is 0 Å². The van der Waals surface area contributed by atoms with Crippen LogP contribution in [0.2, 0.25) is 0 Å². The topological polar surface area (TPSA) is 81.5 Å². The Labute approximate surface area is 120 Å². The molecule has 0 amide bonds. The minimum atomic E-state index is -1.08. The highest BCUT2D eigenvalue weighted by molar-refractivity contribution is 5.86. The van der Waals surface area contributed by atoms with Crippen LogP contribution in [0.3, 0.4) is 0 Å². The van der Waals surface area contributed by atoms with Crippen molar-refractivity contribution in [1.29, 1.82) is 0 Å². The summed E-state index contributed by atoms with van der Waals surface area (Å²) in [6, 6.07) is 7.02. The molecule has 1 aliphatic heterocycles. The average Bonchev–Trinajstić information content (AvgIpc) is 2.53. The van der Waals surface area contributed by atoms with Gasteiger partial charge in [-0.2, -0.15) is 0 Å². The third-order valence-corrected chi connectivity index (χ3v) is 2.92. The van der Waals surface area contributed by atoms with Gasteiger partial charge in [0, 0.05) is 0 Å². The molecule has 0 saturated heterocycles. The lowest BCUT2D eigenvalue weighted by molar-refractivity contribution is 0.0690. The lowest BCUT2D eigenvalue weighted by atomic mass is 10.1. The molecule has 1 aromatic heterocycles. The van der Waals surface area contributed by atoms with Crippen LogP contribution in [0.1, 0.15) is 21.7 Å². The van der Waals surface area contributed by atoms with Gasteiger partial charge in [0.1, 0.15) is 19.5 Å². The first-order valence-corrected chi connectivity index (χ1v) is 6.35. The van der Waals surface area contributed by atoms with Crippen LogP contribution in [0.5, 0.6) is 11.5 Å². The molecule has 0 unspecified atom stereocenters. The standard InChI is InChI=1S/C15H12N2O4/c18-15(19)12-8-11(16-9-17-12)3-1-10-2-4-13-14(7-10)21-6-5-20-13/h1-4,7-9H,5-6H2,(H,18,19). The van der Waals surface area contributed by atoms with Crippen LogP contribution in [-0.2, 0) is 0 Å². The van der Waals surface area contributed by atoms with E-state index in [1.54, 1.807) is 6.08 Å². The van der Waals surface area contributed by atoms with Gasteiger partial charge in [0.25, 0.3) is 0 Å². The molecule has 0 radical (unpaired) electrons. The number of carbonyl (C=O) groups is 1. The van der Waals surface area contributed by atoms with Gasteiger partial charge < -0.3 is 14.6 Å². The third-order valence-electron chi connectivity index (χ3n) is 2.92. The van der Waals surface area contributed by atoms with E-state index in [1.165, 1.54) is 12.4 Å². The van der Waals surface area contributed by atoms with Crippen molar-refractivity contribution in [2.24, 2.45) is 0 Å². The molecule has 106 valence electrons. The number of carboxylic acids is 1. The molecular weight excluding hydrogens is 272 g/mol. The molecule has 0 bridgehead atoms. The molecule has 1 aromatic carbocycles. The van der Waals surface area contributed by atoms with E-state index in [1.807, 2.05) is 24.3 Å². The van der Waals surface area contributed by atoms with E-state index in [4.69, 9.17) is 14.6 Å². The minimum absolute atomic E-state index is 0.0353. The molecule has 2 heterocycles. The number of ether oxygens (including phenoxy) is 2. The van der Waals surface area contributed by atoms with E-state index in [0.29, 0.717) is 24.7 Å². The summed E-state index contributed by atoms with van der Waals surface area (Å²) < 4.78 is 11.0. The summed E-state index contributed by atoms with van der Waals surface area (Å²) in [5.74, 6) is 0.359. The zero-order valence-corrected chi connectivity index (χ0v) is 11.0. The third kappa shape index (κ3) is 3.00. The highest BCUT2D eigenvalue weighted by Crippen LogP contribution is 2.31. The smallest absolute Gasteiger partial charge is 0.354 e. The Morgan fingerprint density at radius 3 is 2.71 bits per heavy atom. The van der Waals surface area contributed by atoms with Gasteiger partial charge in [0.2, 0.25) is 0 Å². The van der Waals surface area contributed by atoms with Gasteiger partial charge >= 0.3 is 5.97 Å². The lowest BCUT2D eigenvalue weighted by Crippen LogP contribution is -2.15. The van der Waals surface area contributed by atoms with E-state index in [-0.39, 0.29) is 5.69 Å². The van der Waals surface area contributed by atoms with Crippen molar-refractivity contribution in [3.63, 3.8) is 0 Å². The van der Waals surface area contributed by atoms with Crippen molar-refractivity contribution in [3.8, 4) is 11.5 Å². The van der Waals surface area contributed by atoms with Crippen molar-refractivity contribution in [2.45, 2.75) is 0 Å². The van der Waals surface area contributed by atoms with Crippen molar-refractivity contribution < 1.29 is 19.4 Å². The zero-order chi connectivity index (χ0) is 14.7. The maximum absolute atomic E-state index is 10.8. The number of hydrogen-bond acceptors (Lipinski definition) is 5. The predicted molar refractivity (Wildman–Crippen MR) is 75.4 cm³/mol. The molecule has 6 nitrogen and oxygen atoms in total. The maximum atomic E-state index is 10.8. The number of fused-ring (bicyclic) bond motifs is 1. The van der Waals surface area contributed by atoms with Gasteiger partial charge in [0.05, 0.1) is 5.69 Å². The number of aromatic carboxylic acids is 1. The Bertz CT molecular complexity index is 713. The van der Waals surface area contributed by atoms with Crippen molar-refractivity contribution >= 4 is 18.1 Å². The number of rotatable bonds is 3. The largest absolute Gasteiger partial charge is 0.486 e. The maximum Gasteiger partial charge on any atom is 0.354 e. The number of aromatic nitrogens is 2. The summed E-state index contributed by atoms with van der Waals surface area (Å²) in [7, 11) is 0. The van der Waals surface area contributed by atoms with Crippen molar-refractivity contribution in [3.05, 3.63) is 47.5 Å². The number of carboxylic acid groups (broad SMARTS) is 1. The SMILES string of the molecule is O=C(O)c1cc(C=Cc2ccc3c(c2)OCCO3)ncn1. The fraction of sp³-hybridized carbons (Fsp3) is 0.133. The van der Waals surface area contributed by atoms with Crippen LogP contribution in [0.15, 0.2) is 30.6 Å². The van der Waals surface area contributed by atoms with Crippen LogP contribution < -0.4 is 9.47 Å². The highest BCUT2D eigenvalue weighted by atomic mass is 16.6. The van der Waals surface area contributed by atoms with E-state index < -0.39 is 5.97 Å². The molecule has 0 fully saturated rings. The summed E-state index contributed by atoms with van der Waals surface area (Å²) in [6.07, 6.45) is 4.78. The number of nitrogens with zero attached hydrogens (tertiary/aromatic N) is 2. The van der Waals surface area contributed by atoms with Gasteiger partial charge in [-0.15, -0.1) is 0 Å². The van der Waals surface area contributed by atoms with Crippen LogP contribution in [0, 0.1) is 0 Å². The van der Waals surface area contributed by atoms with Gasteiger partial charge in [-0.1, -0.05) is 12.1 Å². The molecule has 0 saturated carbocycles. The van der Waals surface area contributed by atoms with Gasteiger partial charge in [-0.05, 0) is 29.8 Å². The average molecular weight is 284 g/mol. The molecule has 0 aliphatic carbocycles. The summed E-state index contributed by atoms with van der Waals surface area (Å²) in [5, 5.41) is 8.88. The van der Waals surface area contributed by atoms with Crippen molar-refractivity contribution in [2.75, 3.05) is 13.2 Å². The molecule has 2 aromatic rings. The first-order valence-electron chi connectivity index (χ1n) is 6.35. The molecule has 0 atom stereocenters. The normalized spacial score (nSPS) is 13.3. The molecule has 0 spiro atoms. The Hall–Kier alpha value is -2.89. The van der Waals surface area contributed by atoms with Gasteiger partial charge in [-0.3, -0.25) is 0 Å². The first-order chi connectivity index (χ1) is 10.2. The van der Waals surface area contributed by atoms with E-state index in [0.717, 1.165) is 11.3 Å². The van der Waals surface area contributed by atoms with E-state index >= 15 is 0 Å². The predicted octanol–water partition coefficient (Wildman–Crippen LogP) is 2.12. The summed E-state index contributed by atoms with van der Waals surface area (Å²) in [6.45, 7) is 1.09. The Kier molecular flexibility index (Phi) is 3.51. The zero-order valence-electron chi connectivity index (χ0n) is 11.0. The van der Waals surface area contributed by atoms with Crippen molar-refractivity contribution in [1.82, 2.24) is 9.97 Å².